The smallest absolute Gasteiger partial charge is 0.325 e. The summed E-state index contributed by atoms with van der Waals surface area (Å²) in [6, 6.07) is 12.0. The van der Waals surface area contributed by atoms with Gasteiger partial charge in [-0.2, -0.15) is 0 Å². The second kappa shape index (κ2) is 7.80. The highest BCUT2D eigenvalue weighted by Gasteiger charge is 2.52. The Morgan fingerprint density at radius 2 is 1.60 bits per heavy atom. The molecule has 1 aliphatic heterocycles. The van der Waals surface area contributed by atoms with Crippen molar-refractivity contribution in [2.75, 3.05) is 6.54 Å². The van der Waals surface area contributed by atoms with Crippen molar-refractivity contribution in [1.29, 1.82) is 0 Å². The van der Waals surface area contributed by atoms with E-state index in [0.29, 0.717) is 23.3 Å². The predicted octanol–water partition coefficient (Wildman–Crippen LogP) is 3.40. The van der Waals surface area contributed by atoms with Crippen LogP contribution in [0.1, 0.15) is 51.0 Å². The largest absolute Gasteiger partial charge is 0.332 e. The number of carbonyl (C=O) groups is 4. The van der Waals surface area contributed by atoms with Gasteiger partial charge < -0.3 is 10.6 Å². The fourth-order valence-electron chi connectivity index (χ4n) is 7.53. The zero-order chi connectivity index (χ0) is 24.4. The average molecular weight is 475 g/mol. The average Bonchev–Trinajstić information content (AvgIpc) is 3.01. The third-order valence-electron chi connectivity index (χ3n) is 8.57. The number of hydrogen-bond acceptors (Lipinski definition) is 4. The van der Waals surface area contributed by atoms with E-state index in [1.54, 1.807) is 6.92 Å². The monoisotopic (exact) mass is 474 g/mol. The van der Waals surface area contributed by atoms with Crippen LogP contribution in [0.4, 0.5) is 9.59 Å². The molecule has 1 atom stereocenters. The minimum Gasteiger partial charge on any atom is -0.332 e. The Labute approximate surface area is 203 Å². The third kappa shape index (κ3) is 3.66. The molecule has 0 spiro atoms. The molecule has 4 aliphatic carbocycles. The lowest BCUT2D eigenvalue weighted by molar-refractivity contribution is -0.134. The van der Waals surface area contributed by atoms with Crippen molar-refractivity contribution in [3.05, 3.63) is 48.0 Å². The zero-order valence-corrected chi connectivity index (χ0v) is 19.8. The molecule has 1 heterocycles. The number of fused-ring (bicyclic) bond motifs is 1. The van der Waals surface area contributed by atoms with Gasteiger partial charge in [0, 0.05) is 5.54 Å². The van der Waals surface area contributed by atoms with Gasteiger partial charge in [0.25, 0.3) is 5.91 Å². The lowest BCUT2D eigenvalue weighted by Gasteiger charge is -2.56. The summed E-state index contributed by atoms with van der Waals surface area (Å²) in [7, 11) is 0. The van der Waals surface area contributed by atoms with E-state index in [1.807, 2.05) is 42.5 Å². The molecule has 2 aromatic rings. The SMILES string of the molecule is CC1(c2cccc3ccccc23)NC(=O)N(CC(=O)NC(=O)NC23CC4CC(CC(C4)C2)C3)C1=O. The van der Waals surface area contributed by atoms with Crippen LogP contribution in [-0.2, 0) is 15.1 Å². The molecule has 8 nitrogen and oxygen atoms in total. The molecule has 6 amide bonds. The molecule has 35 heavy (non-hydrogen) atoms. The highest BCUT2D eigenvalue weighted by atomic mass is 16.2. The van der Waals surface area contributed by atoms with Crippen LogP contribution in [0.15, 0.2) is 42.5 Å². The van der Waals surface area contributed by atoms with Crippen molar-refractivity contribution in [1.82, 2.24) is 20.9 Å². The number of nitrogens with one attached hydrogen (secondary N) is 3. The van der Waals surface area contributed by atoms with Gasteiger partial charge in [0.2, 0.25) is 5.91 Å². The predicted molar refractivity (Wildman–Crippen MR) is 129 cm³/mol. The van der Waals surface area contributed by atoms with Crippen LogP contribution in [0, 0.1) is 17.8 Å². The van der Waals surface area contributed by atoms with Crippen molar-refractivity contribution < 1.29 is 19.2 Å². The van der Waals surface area contributed by atoms with E-state index in [4.69, 9.17) is 0 Å². The van der Waals surface area contributed by atoms with E-state index in [-0.39, 0.29) is 5.54 Å². The maximum Gasteiger partial charge on any atom is 0.325 e. The fraction of sp³-hybridized carbons (Fsp3) is 0.481. The molecule has 4 bridgehead atoms. The van der Waals surface area contributed by atoms with E-state index < -0.39 is 36.0 Å². The van der Waals surface area contributed by atoms with Crippen molar-refractivity contribution in [3.63, 3.8) is 0 Å². The summed E-state index contributed by atoms with van der Waals surface area (Å²) in [6.07, 6.45) is 6.67. The van der Waals surface area contributed by atoms with Crippen LogP contribution in [0.25, 0.3) is 10.8 Å². The molecular weight excluding hydrogens is 444 g/mol. The minimum atomic E-state index is -1.31. The molecule has 4 saturated carbocycles. The Balaban J connectivity index is 1.13. The van der Waals surface area contributed by atoms with Gasteiger partial charge in [-0.3, -0.25) is 19.8 Å². The van der Waals surface area contributed by atoms with Crippen LogP contribution < -0.4 is 16.0 Å². The first-order chi connectivity index (χ1) is 16.7. The van der Waals surface area contributed by atoms with Crippen LogP contribution in [0.3, 0.4) is 0 Å². The van der Waals surface area contributed by atoms with E-state index in [1.165, 1.54) is 19.3 Å². The third-order valence-corrected chi connectivity index (χ3v) is 8.57. The number of urea groups is 2. The Kier molecular flexibility index (Phi) is 4.92. The summed E-state index contributed by atoms with van der Waals surface area (Å²) in [4.78, 5) is 52.4. The van der Waals surface area contributed by atoms with Crippen LogP contribution in [-0.4, -0.2) is 40.9 Å². The summed E-state index contributed by atoms with van der Waals surface area (Å²) in [5.74, 6) is 0.785. The van der Waals surface area contributed by atoms with Gasteiger partial charge in [-0.25, -0.2) is 9.59 Å². The van der Waals surface area contributed by atoms with Gasteiger partial charge in [0.1, 0.15) is 12.1 Å². The summed E-state index contributed by atoms with van der Waals surface area (Å²) < 4.78 is 0. The number of hydrogen-bond donors (Lipinski definition) is 3. The maximum atomic E-state index is 13.4. The van der Waals surface area contributed by atoms with Gasteiger partial charge >= 0.3 is 12.1 Å². The number of benzene rings is 2. The van der Waals surface area contributed by atoms with Crippen molar-refractivity contribution in [2.24, 2.45) is 17.8 Å². The van der Waals surface area contributed by atoms with E-state index in [9.17, 15) is 19.2 Å². The molecule has 182 valence electrons. The number of imide groups is 2. The van der Waals surface area contributed by atoms with Crippen LogP contribution in [0.2, 0.25) is 0 Å². The van der Waals surface area contributed by atoms with Crippen LogP contribution in [0.5, 0.6) is 0 Å². The molecule has 0 aromatic heterocycles. The lowest BCUT2D eigenvalue weighted by atomic mass is 9.53. The first kappa shape index (κ1) is 22.1. The fourth-order valence-corrected chi connectivity index (χ4v) is 7.53. The highest BCUT2D eigenvalue weighted by molar-refractivity contribution is 6.11. The van der Waals surface area contributed by atoms with Crippen molar-refractivity contribution in [2.45, 2.75) is 56.5 Å². The molecule has 5 aliphatic rings. The summed E-state index contributed by atoms with van der Waals surface area (Å²) >= 11 is 0. The summed E-state index contributed by atoms with van der Waals surface area (Å²) in [5.41, 5.74) is -0.872. The second-order valence-electron chi connectivity index (χ2n) is 11.2. The molecule has 8 heteroatoms. The highest BCUT2D eigenvalue weighted by Crippen LogP contribution is 2.55. The molecular formula is C27H30N4O4. The quantitative estimate of drug-likeness (QED) is 0.590. The lowest BCUT2D eigenvalue weighted by Crippen LogP contribution is -2.62. The Morgan fingerprint density at radius 1 is 0.971 bits per heavy atom. The first-order valence-electron chi connectivity index (χ1n) is 12.5. The number of carbonyl (C=O) groups excluding carboxylic acids is 4. The maximum absolute atomic E-state index is 13.4. The van der Waals surface area contributed by atoms with E-state index in [0.717, 1.165) is 34.9 Å². The van der Waals surface area contributed by atoms with Gasteiger partial charge in [0.15, 0.2) is 0 Å². The Hall–Kier alpha value is -3.42. The summed E-state index contributed by atoms with van der Waals surface area (Å²) in [5, 5.41) is 10.0. The van der Waals surface area contributed by atoms with Crippen molar-refractivity contribution in [3.8, 4) is 0 Å². The minimum absolute atomic E-state index is 0.229. The first-order valence-corrected chi connectivity index (χ1v) is 12.5. The molecule has 3 N–H and O–H groups in total. The van der Waals surface area contributed by atoms with Gasteiger partial charge in [0.05, 0.1) is 0 Å². The molecule has 1 saturated heterocycles. The van der Waals surface area contributed by atoms with Crippen molar-refractivity contribution >= 4 is 34.6 Å². The molecule has 7 rings (SSSR count). The van der Waals surface area contributed by atoms with Gasteiger partial charge in [-0.1, -0.05) is 42.5 Å². The van der Waals surface area contributed by atoms with Crippen LogP contribution >= 0.6 is 0 Å². The molecule has 5 fully saturated rings. The van der Waals surface area contributed by atoms with Gasteiger partial charge in [-0.05, 0) is 79.5 Å². The van der Waals surface area contributed by atoms with Gasteiger partial charge in [-0.15, -0.1) is 0 Å². The Morgan fingerprint density at radius 3 is 2.29 bits per heavy atom. The second-order valence-corrected chi connectivity index (χ2v) is 11.2. The Bertz CT molecular complexity index is 1220. The van der Waals surface area contributed by atoms with E-state index >= 15 is 0 Å². The standard InChI is InChI=1S/C27H30N4O4/c1-26(21-8-4-6-19-5-2-3-7-20(19)21)23(33)31(25(35)30-26)15-22(32)28-24(34)29-27-12-16-9-17(13-27)11-18(10-16)14-27/h2-8,16-18H,9-15H2,1H3,(H,30,35)(H2,28,29,32,34). The molecule has 0 radical (unpaired) electrons. The number of rotatable bonds is 4. The summed E-state index contributed by atoms with van der Waals surface area (Å²) in [6.45, 7) is 1.13. The van der Waals surface area contributed by atoms with E-state index in [2.05, 4.69) is 16.0 Å². The number of nitrogens with zero attached hydrogens (tertiary/aromatic N) is 1. The topological polar surface area (TPSA) is 108 Å². The zero-order valence-electron chi connectivity index (χ0n) is 19.8. The normalized spacial score (nSPS) is 33.2. The molecule has 1 unspecified atom stereocenters. The molecule has 2 aromatic carbocycles. The number of amides is 6.